The molecule has 2 amide bonds. The van der Waals surface area contributed by atoms with Crippen molar-refractivity contribution in [3.8, 4) is 0 Å². The Labute approximate surface area is 120 Å². The second-order valence-electron chi connectivity index (χ2n) is 5.14. The van der Waals surface area contributed by atoms with Crippen LogP contribution >= 0.6 is 11.8 Å². The van der Waals surface area contributed by atoms with Crippen LogP contribution in [0.1, 0.15) is 46.0 Å². The Morgan fingerprint density at radius 3 is 2.68 bits per heavy atom. The fourth-order valence-corrected chi connectivity index (χ4v) is 3.22. The molecule has 1 aliphatic rings. The average molecular weight is 283 g/mol. The van der Waals surface area contributed by atoms with Gasteiger partial charge in [0.1, 0.15) is 0 Å². The summed E-state index contributed by atoms with van der Waals surface area (Å²) in [6.07, 6.45) is 3.31. The maximum atomic E-state index is 12.2. The van der Waals surface area contributed by atoms with Gasteiger partial charge >= 0.3 is 0 Å². The first-order chi connectivity index (χ1) is 8.91. The molecule has 6 heteroatoms. The fraction of sp³-hybridized carbons (Fsp3) is 0.846. The third kappa shape index (κ3) is 4.84. The molecule has 106 valence electrons. The van der Waals surface area contributed by atoms with Crippen molar-refractivity contribution in [2.24, 2.45) is 0 Å². The van der Waals surface area contributed by atoms with Gasteiger partial charge in [0.05, 0.1) is 13.1 Å². The van der Waals surface area contributed by atoms with Crippen LogP contribution in [0.5, 0.6) is 0 Å². The number of amides is 2. The number of unbranched alkanes of at least 4 members (excludes halogenated alkanes) is 2. The van der Waals surface area contributed by atoms with Crippen LogP contribution in [0.4, 0.5) is 0 Å². The van der Waals surface area contributed by atoms with E-state index in [0.717, 1.165) is 19.3 Å². The summed E-state index contributed by atoms with van der Waals surface area (Å²) >= 11 is 1.39. The molecule has 1 saturated heterocycles. The lowest BCUT2D eigenvalue weighted by atomic mass is 9.86. The van der Waals surface area contributed by atoms with E-state index in [9.17, 15) is 9.59 Å². The van der Waals surface area contributed by atoms with Gasteiger partial charge in [0.15, 0.2) is 0 Å². The number of imide groups is 1. The third-order valence-electron chi connectivity index (χ3n) is 3.36. The molecule has 2 atom stereocenters. The van der Waals surface area contributed by atoms with Crippen LogP contribution in [-0.4, -0.2) is 52.7 Å². The molecule has 2 unspecified atom stereocenters. The number of aliphatic hydroxyl groups excluding tert-OH is 1. The zero-order chi connectivity index (χ0) is 14.5. The van der Waals surface area contributed by atoms with Crippen molar-refractivity contribution < 1.29 is 14.7 Å². The topological polar surface area (TPSA) is 57.6 Å². The van der Waals surface area contributed by atoms with E-state index in [4.69, 9.17) is 13.0 Å². The number of hydrogen-bond donors (Lipinski definition) is 1. The SMILES string of the molecule is [B]C(C)(CC)SC1CC(=O)N(CCCCCO)C1=O. The van der Waals surface area contributed by atoms with Crippen LogP contribution in [0.25, 0.3) is 0 Å². The quantitative estimate of drug-likeness (QED) is 0.414. The molecule has 0 aromatic carbocycles. The maximum Gasteiger partial charge on any atom is 0.242 e. The summed E-state index contributed by atoms with van der Waals surface area (Å²) in [6, 6.07) is 0. The highest BCUT2D eigenvalue weighted by Crippen LogP contribution is 2.35. The summed E-state index contributed by atoms with van der Waals surface area (Å²) < 4.78 is -0.465. The van der Waals surface area contributed by atoms with Crippen LogP contribution in [0.2, 0.25) is 0 Å². The van der Waals surface area contributed by atoms with E-state index in [-0.39, 0.29) is 30.1 Å². The van der Waals surface area contributed by atoms with Crippen molar-refractivity contribution in [1.82, 2.24) is 4.90 Å². The molecule has 4 nitrogen and oxygen atoms in total. The van der Waals surface area contributed by atoms with Gasteiger partial charge in [0, 0.05) is 19.6 Å². The number of rotatable bonds is 8. The van der Waals surface area contributed by atoms with Crippen molar-refractivity contribution in [2.45, 2.75) is 55.8 Å². The molecule has 1 rings (SSSR count). The normalized spacial score (nSPS) is 22.9. The highest BCUT2D eigenvalue weighted by Gasteiger charge is 2.40. The first-order valence-corrected chi connectivity index (χ1v) is 7.71. The van der Waals surface area contributed by atoms with E-state index < -0.39 is 4.65 Å². The van der Waals surface area contributed by atoms with Crippen LogP contribution in [0.15, 0.2) is 0 Å². The minimum atomic E-state index is -0.465. The largest absolute Gasteiger partial charge is 0.396 e. The Balaban J connectivity index is 2.49. The monoisotopic (exact) mass is 283 g/mol. The van der Waals surface area contributed by atoms with E-state index >= 15 is 0 Å². The van der Waals surface area contributed by atoms with Gasteiger partial charge in [-0.05, 0) is 30.3 Å². The van der Waals surface area contributed by atoms with E-state index in [1.165, 1.54) is 16.7 Å². The second-order valence-corrected chi connectivity index (χ2v) is 6.88. The Morgan fingerprint density at radius 2 is 2.11 bits per heavy atom. The summed E-state index contributed by atoms with van der Waals surface area (Å²) in [6.45, 7) is 4.48. The lowest BCUT2D eigenvalue weighted by molar-refractivity contribution is -0.138. The second kappa shape index (κ2) is 7.34. The first-order valence-electron chi connectivity index (χ1n) is 6.83. The number of likely N-dealkylation sites (tertiary alicyclic amines) is 1. The van der Waals surface area contributed by atoms with Crippen LogP contribution < -0.4 is 0 Å². The summed E-state index contributed by atoms with van der Waals surface area (Å²) in [5.74, 6) is -0.206. The molecule has 0 bridgehead atoms. The first kappa shape index (κ1) is 16.6. The molecule has 1 fully saturated rings. The molecule has 1 aliphatic heterocycles. The van der Waals surface area contributed by atoms with Crippen molar-refractivity contribution in [3.05, 3.63) is 0 Å². The van der Waals surface area contributed by atoms with Gasteiger partial charge in [-0.25, -0.2) is 0 Å². The Morgan fingerprint density at radius 1 is 1.42 bits per heavy atom. The third-order valence-corrected chi connectivity index (χ3v) is 4.84. The van der Waals surface area contributed by atoms with Crippen LogP contribution in [0, 0.1) is 0 Å². The zero-order valence-electron chi connectivity index (χ0n) is 11.7. The number of thioether (sulfide) groups is 1. The molecular formula is C13H22BNO3S. The van der Waals surface area contributed by atoms with Gasteiger partial charge in [-0.1, -0.05) is 13.8 Å². The minimum Gasteiger partial charge on any atom is -0.396 e. The summed E-state index contributed by atoms with van der Waals surface area (Å²) in [5.41, 5.74) is 0. The Bertz CT molecular complexity index is 336. The van der Waals surface area contributed by atoms with Gasteiger partial charge in [0.25, 0.3) is 0 Å². The number of aliphatic hydroxyl groups is 1. The number of hydrogen-bond acceptors (Lipinski definition) is 4. The van der Waals surface area contributed by atoms with Crippen molar-refractivity contribution >= 4 is 31.4 Å². The molecule has 19 heavy (non-hydrogen) atoms. The van der Waals surface area contributed by atoms with E-state index in [1.807, 2.05) is 13.8 Å². The molecule has 0 spiro atoms. The fourth-order valence-electron chi connectivity index (χ4n) is 1.95. The molecule has 0 aromatic heterocycles. The van der Waals surface area contributed by atoms with Crippen molar-refractivity contribution in [2.75, 3.05) is 13.2 Å². The van der Waals surface area contributed by atoms with Crippen LogP contribution in [-0.2, 0) is 9.59 Å². The van der Waals surface area contributed by atoms with Gasteiger partial charge in [-0.2, -0.15) is 11.8 Å². The van der Waals surface area contributed by atoms with E-state index in [1.54, 1.807) is 0 Å². The number of nitrogens with zero attached hydrogens (tertiary/aromatic N) is 1. The van der Waals surface area contributed by atoms with Gasteiger partial charge in [-0.15, -0.1) is 0 Å². The average Bonchev–Trinajstić information content (AvgIpc) is 2.61. The maximum absolute atomic E-state index is 12.2. The summed E-state index contributed by atoms with van der Waals surface area (Å²) in [7, 11) is 6.04. The standard InChI is InChI=1S/C13H22BNO3S/c1-3-13(2,14)19-10-9-11(17)15(12(10)18)7-5-4-6-8-16/h10,16H,3-9H2,1-2H3. The van der Waals surface area contributed by atoms with Gasteiger partial charge < -0.3 is 5.11 Å². The lowest BCUT2D eigenvalue weighted by Gasteiger charge is -2.25. The molecule has 2 radical (unpaired) electrons. The predicted molar refractivity (Wildman–Crippen MR) is 78.1 cm³/mol. The molecule has 1 heterocycles. The summed E-state index contributed by atoms with van der Waals surface area (Å²) in [5, 5.41) is 8.36. The molecular weight excluding hydrogens is 261 g/mol. The highest BCUT2D eigenvalue weighted by atomic mass is 32.2. The zero-order valence-corrected chi connectivity index (χ0v) is 12.5. The van der Waals surface area contributed by atoms with E-state index in [0.29, 0.717) is 13.0 Å². The highest BCUT2D eigenvalue weighted by molar-refractivity contribution is 8.03. The molecule has 0 aliphatic carbocycles. The Hall–Kier alpha value is -0.485. The van der Waals surface area contributed by atoms with Crippen molar-refractivity contribution in [3.63, 3.8) is 0 Å². The number of carbonyl (C=O) groups is 2. The lowest BCUT2D eigenvalue weighted by Crippen LogP contribution is -2.34. The molecule has 0 aromatic rings. The minimum absolute atomic E-state index is 0.0987. The molecule has 0 saturated carbocycles. The molecule has 1 N–H and O–H groups in total. The smallest absolute Gasteiger partial charge is 0.242 e. The van der Waals surface area contributed by atoms with E-state index in [2.05, 4.69) is 0 Å². The van der Waals surface area contributed by atoms with Gasteiger partial charge in [0.2, 0.25) is 11.8 Å². The van der Waals surface area contributed by atoms with Crippen LogP contribution in [0.3, 0.4) is 0 Å². The van der Waals surface area contributed by atoms with Gasteiger partial charge in [-0.3, -0.25) is 14.5 Å². The summed E-state index contributed by atoms with van der Waals surface area (Å²) in [4.78, 5) is 25.3. The predicted octanol–water partition coefficient (Wildman–Crippen LogP) is 1.30. The number of carbonyl (C=O) groups excluding carboxylic acids is 2. The van der Waals surface area contributed by atoms with Crippen molar-refractivity contribution in [1.29, 1.82) is 0 Å². The Kier molecular flexibility index (Phi) is 6.40.